The molecule has 1 unspecified atom stereocenters. The molecule has 0 heterocycles. The molecule has 0 aliphatic heterocycles. The number of amides is 2. The highest BCUT2D eigenvalue weighted by atomic mass is 19.1. The summed E-state index contributed by atoms with van der Waals surface area (Å²) in [5.41, 5.74) is 6.90. The third kappa shape index (κ3) is 4.10. The lowest BCUT2D eigenvalue weighted by Crippen LogP contribution is -2.47. The predicted octanol–water partition coefficient (Wildman–Crippen LogP) is 2.67. The fourth-order valence-corrected chi connectivity index (χ4v) is 2.07. The Kier molecular flexibility index (Phi) is 5.52. The Balaban J connectivity index is 1.94. The Morgan fingerprint density at radius 2 is 1.75 bits per heavy atom. The summed E-state index contributed by atoms with van der Waals surface area (Å²) in [6.45, 7) is 5.19. The summed E-state index contributed by atoms with van der Waals surface area (Å²) >= 11 is 0. The number of aryl methyl sites for hydroxylation is 1. The minimum atomic E-state index is -0.971. The largest absolute Gasteiger partial charge is 0.478 e. The van der Waals surface area contributed by atoms with Crippen molar-refractivity contribution in [1.82, 2.24) is 10.9 Å². The number of para-hydroxylation sites is 1. The zero-order valence-corrected chi connectivity index (χ0v) is 13.7. The Morgan fingerprint density at radius 3 is 2.46 bits per heavy atom. The summed E-state index contributed by atoms with van der Waals surface area (Å²) in [7, 11) is 0. The summed E-state index contributed by atoms with van der Waals surface area (Å²) in [6, 6.07) is 11.1. The van der Waals surface area contributed by atoms with Crippen LogP contribution in [0, 0.1) is 19.7 Å². The van der Waals surface area contributed by atoms with Gasteiger partial charge in [-0.3, -0.25) is 20.4 Å². The summed E-state index contributed by atoms with van der Waals surface area (Å²) in [5.74, 6) is -1.60. The van der Waals surface area contributed by atoms with Gasteiger partial charge in [0, 0.05) is 5.56 Å². The SMILES string of the molecule is Cc1cccc(C(=O)NNC(=O)C(C)Oc2ccccc2F)c1C. The fraction of sp³-hybridized carbons (Fsp3) is 0.222. The number of ether oxygens (including phenoxy) is 1. The summed E-state index contributed by atoms with van der Waals surface area (Å²) < 4.78 is 18.8. The van der Waals surface area contributed by atoms with Gasteiger partial charge in [-0.25, -0.2) is 4.39 Å². The first-order valence-electron chi connectivity index (χ1n) is 7.47. The first kappa shape index (κ1) is 17.5. The maximum absolute atomic E-state index is 13.5. The van der Waals surface area contributed by atoms with Gasteiger partial charge in [-0.05, 0) is 50.1 Å². The molecule has 24 heavy (non-hydrogen) atoms. The van der Waals surface area contributed by atoms with Crippen LogP contribution in [0.2, 0.25) is 0 Å². The molecule has 6 heteroatoms. The molecule has 0 fully saturated rings. The molecule has 2 rings (SSSR count). The minimum Gasteiger partial charge on any atom is -0.478 e. The lowest BCUT2D eigenvalue weighted by molar-refractivity contribution is -0.128. The molecule has 1 atom stereocenters. The van der Waals surface area contributed by atoms with Crippen LogP contribution in [0.1, 0.15) is 28.4 Å². The highest BCUT2D eigenvalue weighted by molar-refractivity contribution is 5.97. The molecule has 0 aliphatic carbocycles. The highest BCUT2D eigenvalue weighted by Crippen LogP contribution is 2.17. The number of nitrogens with one attached hydrogen (secondary N) is 2. The van der Waals surface area contributed by atoms with Gasteiger partial charge in [-0.2, -0.15) is 0 Å². The Hall–Kier alpha value is -2.89. The zero-order chi connectivity index (χ0) is 17.7. The van der Waals surface area contributed by atoms with Gasteiger partial charge in [0.2, 0.25) is 0 Å². The highest BCUT2D eigenvalue weighted by Gasteiger charge is 2.18. The lowest BCUT2D eigenvalue weighted by atomic mass is 10.0. The average Bonchev–Trinajstić information content (AvgIpc) is 2.56. The number of halogens is 1. The number of hydrogen-bond acceptors (Lipinski definition) is 3. The van der Waals surface area contributed by atoms with E-state index in [0.29, 0.717) is 5.56 Å². The molecule has 0 radical (unpaired) electrons. The molecule has 5 nitrogen and oxygen atoms in total. The summed E-state index contributed by atoms with van der Waals surface area (Å²) in [5, 5.41) is 0. The quantitative estimate of drug-likeness (QED) is 0.847. The molecule has 0 aromatic heterocycles. The van der Waals surface area contributed by atoms with Crippen molar-refractivity contribution in [1.29, 1.82) is 0 Å². The van der Waals surface area contributed by atoms with E-state index in [2.05, 4.69) is 10.9 Å². The van der Waals surface area contributed by atoms with Crippen molar-refractivity contribution in [2.75, 3.05) is 0 Å². The van der Waals surface area contributed by atoms with Crippen LogP contribution >= 0.6 is 0 Å². The van der Waals surface area contributed by atoms with Crippen LogP contribution < -0.4 is 15.6 Å². The molecule has 0 aliphatic rings. The normalized spacial score (nSPS) is 11.5. The molecular formula is C18H19FN2O3. The molecule has 0 bridgehead atoms. The number of rotatable bonds is 4. The van der Waals surface area contributed by atoms with Crippen molar-refractivity contribution in [2.24, 2.45) is 0 Å². The second kappa shape index (κ2) is 7.59. The summed E-state index contributed by atoms with van der Waals surface area (Å²) in [6.07, 6.45) is -0.971. The molecule has 2 aromatic carbocycles. The van der Waals surface area contributed by atoms with Gasteiger partial charge in [-0.1, -0.05) is 24.3 Å². The van der Waals surface area contributed by atoms with Crippen molar-refractivity contribution < 1.29 is 18.7 Å². The zero-order valence-electron chi connectivity index (χ0n) is 13.7. The Labute approximate surface area is 139 Å². The van der Waals surface area contributed by atoms with E-state index >= 15 is 0 Å². The molecule has 126 valence electrons. The van der Waals surface area contributed by atoms with Gasteiger partial charge in [0.1, 0.15) is 0 Å². The number of carbonyl (C=O) groups excluding carboxylic acids is 2. The monoisotopic (exact) mass is 330 g/mol. The molecular weight excluding hydrogens is 311 g/mol. The van der Waals surface area contributed by atoms with Crippen LogP contribution in [0.3, 0.4) is 0 Å². The molecule has 2 aromatic rings. The van der Waals surface area contributed by atoms with Gasteiger partial charge >= 0.3 is 0 Å². The van der Waals surface area contributed by atoms with E-state index in [1.165, 1.54) is 25.1 Å². The number of carbonyl (C=O) groups is 2. The number of hydrogen-bond donors (Lipinski definition) is 2. The Morgan fingerprint density at radius 1 is 1.04 bits per heavy atom. The molecule has 2 N–H and O–H groups in total. The van der Waals surface area contributed by atoms with E-state index in [4.69, 9.17) is 4.74 Å². The van der Waals surface area contributed by atoms with Gasteiger partial charge < -0.3 is 4.74 Å². The molecule has 0 saturated heterocycles. The van der Waals surface area contributed by atoms with E-state index in [1.54, 1.807) is 18.2 Å². The van der Waals surface area contributed by atoms with Crippen LogP contribution in [-0.2, 0) is 4.79 Å². The van der Waals surface area contributed by atoms with Crippen LogP contribution in [0.25, 0.3) is 0 Å². The minimum absolute atomic E-state index is 0.0268. The second-order valence-corrected chi connectivity index (χ2v) is 5.38. The maximum Gasteiger partial charge on any atom is 0.279 e. The van der Waals surface area contributed by atoms with Gasteiger partial charge in [0.25, 0.3) is 11.8 Å². The first-order chi connectivity index (χ1) is 11.4. The molecule has 2 amide bonds. The number of benzene rings is 2. The van der Waals surface area contributed by atoms with E-state index in [9.17, 15) is 14.0 Å². The average molecular weight is 330 g/mol. The van der Waals surface area contributed by atoms with Gasteiger partial charge in [0.05, 0.1) is 0 Å². The van der Waals surface area contributed by atoms with Crippen LogP contribution in [0.15, 0.2) is 42.5 Å². The maximum atomic E-state index is 13.5. The van der Waals surface area contributed by atoms with Crippen molar-refractivity contribution in [3.8, 4) is 5.75 Å². The van der Waals surface area contributed by atoms with Crippen molar-refractivity contribution in [2.45, 2.75) is 26.9 Å². The molecule has 0 saturated carbocycles. The van der Waals surface area contributed by atoms with Crippen molar-refractivity contribution >= 4 is 11.8 Å². The van der Waals surface area contributed by atoms with Crippen LogP contribution in [0.5, 0.6) is 5.75 Å². The standard InChI is InChI=1S/C18H19FN2O3/c1-11-7-6-8-14(12(11)2)18(23)21-20-17(22)13(3)24-16-10-5-4-9-15(16)19/h4-10,13H,1-3H3,(H,20,22)(H,21,23). The van der Waals surface area contributed by atoms with Gasteiger partial charge in [0.15, 0.2) is 17.7 Å². The van der Waals surface area contributed by atoms with Crippen LogP contribution in [-0.4, -0.2) is 17.9 Å². The van der Waals surface area contributed by atoms with E-state index < -0.39 is 23.7 Å². The number of hydrazine groups is 1. The molecule has 0 spiro atoms. The van der Waals surface area contributed by atoms with Gasteiger partial charge in [-0.15, -0.1) is 0 Å². The third-order valence-corrected chi connectivity index (χ3v) is 3.66. The predicted molar refractivity (Wildman–Crippen MR) is 88.0 cm³/mol. The van der Waals surface area contributed by atoms with Crippen molar-refractivity contribution in [3.05, 3.63) is 65.0 Å². The fourth-order valence-electron chi connectivity index (χ4n) is 2.07. The van der Waals surface area contributed by atoms with Crippen molar-refractivity contribution in [3.63, 3.8) is 0 Å². The summed E-state index contributed by atoms with van der Waals surface area (Å²) in [4.78, 5) is 24.1. The first-order valence-corrected chi connectivity index (χ1v) is 7.47. The third-order valence-electron chi connectivity index (χ3n) is 3.66. The van der Waals surface area contributed by atoms with E-state index in [-0.39, 0.29) is 5.75 Å². The van der Waals surface area contributed by atoms with Crippen LogP contribution in [0.4, 0.5) is 4.39 Å². The van der Waals surface area contributed by atoms with E-state index in [0.717, 1.165) is 11.1 Å². The Bertz CT molecular complexity index is 762. The topological polar surface area (TPSA) is 67.4 Å². The second-order valence-electron chi connectivity index (χ2n) is 5.38. The van der Waals surface area contributed by atoms with E-state index in [1.807, 2.05) is 19.9 Å². The smallest absolute Gasteiger partial charge is 0.279 e. The lowest BCUT2D eigenvalue weighted by Gasteiger charge is -2.16.